The number of nitrogens with zero attached hydrogens (tertiary/aromatic N) is 4. The molecule has 0 atom stereocenters. The van der Waals surface area contributed by atoms with E-state index in [4.69, 9.17) is 11.6 Å². The van der Waals surface area contributed by atoms with Crippen LogP contribution in [0.5, 0.6) is 0 Å². The van der Waals surface area contributed by atoms with Crippen molar-refractivity contribution in [1.82, 2.24) is 14.5 Å². The largest absolute Gasteiger partial charge is 0.348 e. The number of halogens is 1. The van der Waals surface area contributed by atoms with Gasteiger partial charge in [0.2, 0.25) is 5.91 Å². The molecule has 0 spiro atoms. The molecule has 1 aliphatic heterocycles. The van der Waals surface area contributed by atoms with Crippen LogP contribution in [0.2, 0.25) is 5.02 Å². The van der Waals surface area contributed by atoms with E-state index in [1.165, 1.54) is 28.7 Å². The van der Waals surface area contributed by atoms with Crippen molar-refractivity contribution in [2.24, 2.45) is 0 Å². The fourth-order valence-electron chi connectivity index (χ4n) is 3.09. The summed E-state index contributed by atoms with van der Waals surface area (Å²) >= 11 is 7.27. The molecule has 1 aromatic carbocycles. The van der Waals surface area contributed by atoms with Crippen molar-refractivity contribution in [3.05, 3.63) is 46.0 Å². The van der Waals surface area contributed by atoms with Gasteiger partial charge in [-0.1, -0.05) is 29.0 Å². The Labute approximate surface area is 164 Å². The smallest absolute Gasteiger partial charge is 0.273 e. The molecule has 0 aliphatic carbocycles. The molecule has 9 heteroatoms. The summed E-state index contributed by atoms with van der Waals surface area (Å²) in [4.78, 5) is 36.0. The first-order chi connectivity index (χ1) is 13.1. The third kappa shape index (κ3) is 3.96. The fourth-order valence-corrected chi connectivity index (χ4v) is 4.30. The van der Waals surface area contributed by atoms with Gasteiger partial charge in [0, 0.05) is 23.8 Å². The lowest BCUT2D eigenvalue weighted by molar-refractivity contribution is -0.116. The highest BCUT2D eigenvalue weighted by molar-refractivity contribution is 7.22. The Balaban J connectivity index is 1.54. The molecule has 0 bridgehead atoms. The predicted molar refractivity (Wildman–Crippen MR) is 108 cm³/mol. The number of benzene rings is 1. The number of piperidine rings is 1. The van der Waals surface area contributed by atoms with Gasteiger partial charge in [0.15, 0.2) is 10.8 Å². The van der Waals surface area contributed by atoms with Gasteiger partial charge in [-0.05, 0) is 37.5 Å². The Kier molecular flexibility index (Phi) is 5.09. The molecular weight excluding hydrogens is 386 g/mol. The number of fused-ring (bicyclic) bond motifs is 1. The third-order valence-electron chi connectivity index (χ3n) is 4.42. The first-order valence-electron chi connectivity index (χ1n) is 8.76. The van der Waals surface area contributed by atoms with Crippen LogP contribution in [0, 0.1) is 0 Å². The summed E-state index contributed by atoms with van der Waals surface area (Å²) < 4.78 is 1.79. The standard InChI is InChI=1S/C18H18ClN5O2S/c19-12-5-4-6-13(9-12)21-14(25)10-24-11-20-16-15(17(24)26)27-18(22-16)23-7-2-1-3-8-23/h4-6,9,11H,1-3,7-8,10H2,(H,21,25). The van der Waals surface area contributed by atoms with Gasteiger partial charge < -0.3 is 10.2 Å². The van der Waals surface area contributed by atoms with Crippen LogP contribution in [-0.2, 0) is 11.3 Å². The minimum Gasteiger partial charge on any atom is -0.348 e. The lowest BCUT2D eigenvalue weighted by Crippen LogP contribution is -2.29. The van der Waals surface area contributed by atoms with Crippen LogP contribution in [0.25, 0.3) is 10.3 Å². The Morgan fingerprint density at radius 1 is 1.26 bits per heavy atom. The van der Waals surface area contributed by atoms with Crippen molar-refractivity contribution in [3.8, 4) is 0 Å². The number of nitrogens with one attached hydrogen (secondary N) is 1. The minimum absolute atomic E-state index is 0.120. The summed E-state index contributed by atoms with van der Waals surface area (Å²) in [5, 5.41) is 4.09. The number of aromatic nitrogens is 3. The highest BCUT2D eigenvalue weighted by Crippen LogP contribution is 2.27. The molecule has 3 aromatic rings. The van der Waals surface area contributed by atoms with Crippen molar-refractivity contribution in [2.75, 3.05) is 23.3 Å². The molecule has 1 N–H and O–H groups in total. The molecule has 1 saturated heterocycles. The van der Waals surface area contributed by atoms with Crippen LogP contribution >= 0.6 is 22.9 Å². The second kappa shape index (κ2) is 7.66. The van der Waals surface area contributed by atoms with Gasteiger partial charge in [-0.25, -0.2) is 4.98 Å². The molecular formula is C18H18ClN5O2S. The van der Waals surface area contributed by atoms with E-state index in [-0.39, 0.29) is 18.0 Å². The van der Waals surface area contributed by atoms with Gasteiger partial charge in [0.05, 0.1) is 0 Å². The summed E-state index contributed by atoms with van der Waals surface area (Å²) in [7, 11) is 0. The quantitative estimate of drug-likeness (QED) is 0.723. The zero-order valence-corrected chi connectivity index (χ0v) is 16.1. The Bertz CT molecular complexity index is 1040. The van der Waals surface area contributed by atoms with Crippen LogP contribution < -0.4 is 15.8 Å². The van der Waals surface area contributed by atoms with E-state index in [1.54, 1.807) is 24.3 Å². The van der Waals surface area contributed by atoms with Gasteiger partial charge in [-0.3, -0.25) is 14.2 Å². The predicted octanol–water partition coefficient (Wildman–Crippen LogP) is 3.14. The summed E-state index contributed by atoms with van der Waals surface area (Å²) in [6.45, 7) is 1.79. The maximum Gasteiger partial charge on any atom is 0.273 e. The molecule has 1 fully saturated rings. The van der Waals surface area contributed by atoms with Crippen LogP contribution in [0.3, 0.4) is 0 Å². The summed E-state index contributed by atoms with van der Waals surface area (Å²) in [5.74, 6) is -0.318. The molecule has 7 nitrogen and oxygen atoms in total. The number of amides is 1. The number of anilines is 2. The molecule has 1 aliphatic rings. The van der Waals surface area contributed by atoms with Gasteiger partial charge in [0.25, 0.3) is 5.56 Å². The van der Waals surface area contributed by atoms with Crippen molar-refractivity contribution in [1.29, 1.82) is 0 Å². The van der Waals surface area contributed by atoms with Crippen LogP contribution in [0.15, 0.2) is 35.4 Å². The highest BCUT2D eigenvalue weighted by atomic mass is 35.5. The van der Waals surface area contributed by atoms with E-state index in [9.17, 15) is 9.59 Å². The number of carbonyl (C=O) groups is 1. The normalized spacial score (nSPS) is 14.5. The number of thiazole rings is 1. The maximum atomic E-state index is 12.7. The second-order valence-electron chi connectivity index (χ2n) is 6.43. The zero-order valence-electron chi connectivity index (χ0n) is 14.5. The van der Waals surface area contributed by atoms with Crippen molar-refractivity contribution >= 4 is 50.0 Å². The number of carbonyl (C=O) groups excluding carboxylic acids is 1. The van der Waals surface area contributed by atoms with Crippen LogP contribution in [0.4, 0.5) is 10.8 Å². The van der Waals surface area contributed by atoms with Crippen molar-refractivity contribution < 1.29 is 4.79 Å². The molecule has 4 rings (SSSR count). The van der Waals surface area contributed by atoms with Gasteiger partial charge in [-0.2, -0.15) is 4.98 Å². The summed E-state index contributed by atoms with van der Waals surface area (Å²) in [6.07, 6.45) is 4.88. The molecule has 140 valence electrons. The van der Waals surface area contributed by atoms with E-state index >= 15 is 0 Å². The van der Waals surface area contributed by atoms with E-state index < -0.39 is 0 Å². The maximum absolute atomic E-state index is 12.7. The van der Waals surface area contributed by atoms with Gasteiger partial charge in [-0.15, -0.1) is 0 Å². The molecule has 27 heavy (non-hydrogen) atoms. The van der Waals surface area contributed by atoms with E-state index in [0.717, 1.165) is 31.1 Å². The molecule has 0 saturated carbocycles. The molecule has 0 unspecified atom stereocenters. The van der Waals surface area contributed by atoms with Crippen molar-refractivity contribution in [2.45, 2.75) is 25.8 Å². The van der Waals surface area contributed by atoms with E-state index in [1.807, 2.05) is 0 Å². The Hall–Kier alpha value is -2.45. The summed E-state index contributed by atoms with van der Waals surface area (Å²) in [5.41, 5.74) is 0.777. The number of hydrogen-bond donors (Lipinski definition) is 1. The average Bonchev–Trinajstić information content (AvgIpc) is 3.10. The van der Waals surface area contributed by atoms with E-state index in [0.29, 0.717) is 21.1 Å². The Morgan fingerprint density at radius 3 is 2.85 bits per heavy atom. The third-order valence-corrected chi connectivity index (χ3v) is 5.75. The first-order valence-corrected chi connectivity index (χ1v) is 9.96. The number of hydrogen-bond acceptors (Lipinski definition) is 6. The highest BCUT2D eigenvalue weighted by Gasteiger charge is 2.18. The van der Waals surface area contributed by atoms with Crippen molar-refractivity contribution in [3.63, 3.8) is 0 Å². The minimum atomic E-state index is -0.318. The Morgan fingerprint density at radius 2 is 2.07 bits per heavy atom. The monoisotopic (exact) mass is 403 g/mol. The second-order valence-corrected chi connectivity index (χ2v) is 7.85. The average molecular weight is 404 g/mol. The molecule has 1 amide bonds. The van der Waals surface area contributed by atoms with Crippen LogP contribution in [0.1, 0.15) is 19.3 Å². The topological polar surface area (TPSA) is 80.1 Å². The fraction of sp³-hybridized carbons (Fsp3) is 0.333. The number of rotatable bonds is 4. The molecule has 3 heterocycles. The first kappa shape index (κ1) is 17.9. The lowest BCUT2D eigenvalue weighted by atomic mass is 10.1. The van der Waals surface area contributed by atoms with Crippen LogP contribution in [-0.4, -0.2) is 33.5 Å². The zero-order chi connectivity index (χ0) is 18.8. The molecule has 0 radical (unpaired) electrons. The SMILES string of the molecule is O=C(Cn1cnc2nc(N3CCCCC3)sc2c1=O)Nc1cccc(Cl)c1. The summed E-state index contributed by atoms with van der Waals surface area (Å²) in [6, 6.07) is 6.86. The van der Waals surface area contributed by atoms with Gasteiger partial charge >= 0.3 is 0 Å². The lowest BCUT2D eigenvalue weighted by Gasteiger charge is -2.25. The van der Waals surface area contributed by atoms with E-state index in [2.05, 4.69) is 20.2 Å². The molecule has 2 aromatic heterocycles. The van der Waals surface area contributed by atoms with Gasteiger partial charge in [0.1, 0.15) is 17.6 Å².